The number of benzene rings is 1. The highest BCUT2D eigenvalue weighted by Crippen LogP contribution is 2.42. The molecule has 2 heterocycles. The minimum absolute atomic E-state index is 0.440. The maximum Gasteiger partial charge on any atom is 0.203 e. The van der Waals surface area contributed by atoms with Crippen molar-refractivity contribution in [2.24, 2.45) is 5.41 Å². The molecule has 1 saturated carbocycles. The minimum atomic E-state index is 0.440. The molecule has 0 saturated heterocycles. The number of nitrogens with zero attached hydrogens (tertiary/aromatic N) is 3. The predicted molar refractivity (Wildman–Crippen MR) is 104 cm³/mol. The average Bonchev–Trinajstić information content (AvgIpc) is 3.04. The monoisotopic (exact) mass is 369 g/mol. The second-order valence-electron chi connectivity index (χ2n) is 8.03. The molecule has 1 aliphatic carbocycles. The summed E-state index contributed by atoms with van der Waals surface area (Å²) in [4.78, 5) is 0. The molecule has 2 aromatic heterocycles. The lowest BCUT2D eigenvalue weighted by atomic mass is 9.73. The van der Waals surface area contributed by atoms with E-state index in [-0.39, 0.29) is 0 Å². The third-order valence-corrected chi connectivity index (χ3v) is 5.98. The molecular formula is C21H24ClN3O. The van der Waals surface area contributed by atoms with Gasteiger partial charge in [0.05, 0.1) is 0 Å². The van der Waals surface area contributed by atoms with Crippen LogP contribution in [0.1, 0.15) is 56.8 Å². The zero-order chi connectivity index (χ0) is 18.3. The number of rotatable bonds is 3. The van der Waals surface area contributed by atoms with Gasteiger partial charge in [0.25, 0.3) is 0 Å². The minimum Gasteiger partial charge on any atom is -0.453 e. The molecule has 0 spiro atoms. The van der Waals surface area contributed by atoms with Crippen LogP contribution in [0.2, 0.25) is 5.02 Å². The van der Waals surface area contributed by atoms with Crippen LogP contribution in [0.3, 0.4) is 0 Å². The zero-order valence-corrected chi connectivity index (χ0v) is 16.3. The average molecular weight is 370 g/mol. The Morgan fingerprint density at radius 2 is 1.81 bits per heavy atom. The normalized spacial score (nSPS) is 17.5. The van der Waals surface area contributed by atoms with Gasteiger partial charge in [0, 0.05) is 22.7 Å². The molecule has 1 aromatic carbocycles. The highest BCUT2D eigenvalue weighted by atomic mass is 35.5. The summed E-state index contributed by atoms with van der Waals surface area (Å²) in [5.74, 6) is 2.95. The maximum absolute atomic E-state index is 6.21. The van der Waals surface area contributed by atoms with Gasteiger partial charge in [-0.2, -0.15) is 0 Å². The Balaban J connectivity index is 1.66. The molecule has 0 aliphatic heterocycles. The first-order valence-corrected chi connectivity index (χ1v) is 9.59. The predicted octanol–water partition coefficient (Wildman–Crippen LogP) is 6.17. The van der Waals surface area contributed by atoms with E-state index in [1.54, 1.807) is 0 Å². The van der Waals surface area contributed by atoms with E-state index >= 15 is 0 Å². The Labute approximate surface area is 159 Å². The molecule has 1 fully saturated rings. The van der Waals surface area contributed by atoms with Crippen molar-refractivity contribution in [1.29, 1.82) is 0 Å². The third-order valence-electron chi connectivity index (χ3n) is 5.57. The van der Waals surface area contributed by atoms with E-state index in [1.807, 2.05) is 43.5 Å². The zero-order valence-electron chi connectivity index (χ0n) is 15.5. The summed E-state index contributed by atoms with van der Waals surface area (Å²) in [6.07, 6.45) is 6.80. The molecule has 1 aliphatic rings. The van der Waals surface area contributed by atoms with E-state index in [0.29, 0.717) is 22.1 Å². The summed E-state index contributed by atoms with van der Waals surface area (Å²) in [5.41, 5.74) is 2.12. The first-order valence-electron chi connectivity index (χ1n) is 9.21. The smallest absolute Gasteiger partial charge is 0.203 e. The fraction of sp³-hybridized carbons (Fsp3) is 0.429. The van der Waals surface area contributed by atoms with Crippen molar-refractivity contribution >= 4 is 17.2 Å². The lowest BCUT2D eigenvalue weighted by Gasteiger charge is -2.33. The molecule has 0 radical (unpaired) electrons. The molecule has 26 heavy (non-hydrogen) atoms. The van der Waals surface area contributed by atoms with Gasteiger partial charge in [-0.05, 0) is 62.3 Å². The highest BCUT2D eigenvalue weighted by molar-refractivity contribution is 6.31. The van der Waals surface area contributed by atoms with Crippen molar-refractivity contribution in [2.45, 2.75) is 52.4 Å². The van der Waals surface area contributed by atoms with Gasteiger partial charge in [-0.25, -0.2) is 0 Å². The molecule has 3 aromatic rings. The molecule has 0 N–H and O–H groups in total. The summed E-state index contributed by atoms with van der Waals surface area (Å²) in [7, 11) is 0. The van der Waals surface area contributed by atoms with Gasteiger partial charge in [0.1, 0.15) is 11.6 Å². The van der Waals surface area contributed by atoms with Crippen LogP contribution in [0.4, 0.5) is 0 Å². The van der Waals surface area contributed by atoms with E-state index in [1.165, 1.54) is 12.8 Å². The summed E-state index contributed by atoms with van der Waals surface area (Å²) in [6.45, 7) is 6.66. The van der Waals surface area contributed by atoms with Crippen molar-refractivity contribution in [3.8, 4) is 11.5 Å². The molecule has 0 unspecified atom stereocenters. The van der Waals surface area contributed by atoms with E-state index in [9.17, 15) is 0 Å². The van der Waals surface area contributed by atoms with E-state index in [0.717, 1.165) is 35.6 Å². The number of ether oxygens (including phenoxy) is 1. The van der Waals surface area contributed by atoms with Gasteiger partial charge >= 0.3 is 0 Å². The molecule has 0 bridgehead atoms. The summed E-state index contributed by atoms with van der Waals surface area (Å²) >= 11 is 6.21. The number of aromatic nitrogens is 3. The Morgan fingerprint density at radius 1 is 1.08 bits per heavy atom. The SMILES string of the molecule is Cc1c(Cl)cccc1Oc1cccn2c(C3CCC(C)(C)CC3)nnc12. The van der Waals surface area contributed by atoms with Crippen LogP contribution >= 0.6 is 11.6 Å². The summed E-state index contributed by atoms with van der Waals surface area (Å²) in [5, 5.41) is 9.65. The van der Waals surface area contributed by atoms with Gasteiger partial charge in [0.2, 0.25) is 5.65 Å². The summed E-state index contributed by atoms with van der Waals surface area (Å²) in [6, 6.07) is 9.60. The van der Waals surface area contributed by atoms with Gasteiger partial charge in [-0.3, -0.25) is 4.40 Å². The first-order chi connectivity index (χ1) is 12.4. The number of hydrogen-bond acceptors (Lipinski definition) is 3. The number of fused-ring (bicyclic) bond motifs is 1. The quantitative estimate of drug-likeness (QED) is 0.554. The van der Waals surface area contributed by atoms with Crippen molar-refractivity contribution in [1.82, 2.24) is 14.6 Å². The van der Waals surface area contributed by atoms with E-state index in [4.69, 9.17) is 16.3 Å². The van der Waals surface area contributed by atoms with Crippen LogP contribution < -0.4 is 4.74 Å². The van der Waals surface area contributed by atoms with Crippen molar-refractivity contribution in [3.05, 3.63) is 52.9 Å². The second kappa shape index (κ2) is 6.58. The van der Waals surface area contributed by atoms with Crippen molar-refractivity contribution < 1.29 is 4.74 Å². The Morgan fingerprint density at radius 3 is 2.58 bits per heavy atom. The van der Waals surface area contributed by atoms with Gasteiger partial charge in [-0.15, -0.1) is 10.2 Å². The van der Waals surface area contributed by atoms with E-state index < -0.39 is 0 Å². The highest BCUT2D eigenvalue weighted by Gasteiger charge is 2.30. The van der Waals surface area contributed by atoms with Gasteiger partial charge in [-0.1, -0.05) is 31.5 Å². The van der Waals surface area contributed by atoms with Gasteiger partial charge in [0.15, 0.2) is 5.75 Å². The van der Waals surface area contributed by atoms with Crippen LogP contribution in [0.15, 0.2) is 36.5 Å². The molecule has 0 atom stereocenters. The van der Waals surface area contributed by atoms with E-state index in [2.05, 4.69) is 28.4 Å². The second-order valence-corrected chi connectivity index (χ2v) is 8.43. The largest absolute Gasteiger partial charge is 0.453 e. The fourth-order valence-corrected chi connectivity index (χ4v) is 3.91. The number of halogens is 1. The van der Waals surface area contributed by atoms with Crippen LogP contribution in [0.5, 0.6) is 11.5 Å². The van der Waals surface area contributed by atoms with Crippen LogP contribution in [-0.2, 0) is 0 Å². The Kier molecular flexibility index (Phi) is 4.39. The Hall–Kier alpha value is -2.07. The molecule has 4 rings (SSSR count). The summed E-state index contributed by atoms with van der Waals surface area (Å²) < 4.78 is 8.21. The Bertz CT molecular complexity index is 938. The first kappa shape index (κ1) is 17.3. The molecule has 136 valence electrons. The van der Waals surface area contributed by atoms with Crippen molar-refractivity contribution in [2.75, 3.05) is 0 Å². The van der Waals surface area contributed by atoms with Crippen LogP contribution in [0, 0.1) is 12.3 Å². The maximum atomic E-state index is 6.21. The van der Waals surface area contributed by atoms with Crippen molar-refractivity contribution in [3.63, 3.8) is 0 Å². The molecule has 0 amide bonds. The standard InChI is InChI=1S/C21H24ClN3O/c1-14-16(22)6-4-7-17(14)26-18-8-5-13-25-19(23-24-20(18)25)15-9-11-21(2,3)12-10-15/h4-8,13,15H,9-12H2,1-3H3. The van der Waals surface area contributed by atoms with Gasteiger partial charge < -0.3 is 4.74 Å². The van der Waals surface area contributed by atoms with Crippen LogP contribution in [-0.4, -0.2) is 14.6 Å². The fourth-order valence-electron chi connectivity index (χ4n) is 3.74. The topological polar surface area (TPSA) is 39.4 Å². The molecule has 4 nitrogen and oxygen atoms in total. The lowest BCUT2D eigenvalue weighted by molar-refractivity contribution is 0.220. The number of hydrogen-bond donors (Lipinski definition) is 0. The molecular weight excluding hydrogens is 346 g/mol. The molecule has 5 heteroatoms. The number of pyridine rings is 1. The lowest BCUT2D eigenvalue weighted by Crippen LogP contribution is -2.21. The third kappa shape index (κ3) is 3.18. The van der Waals surface area contributed by atoms with Crippen LogP contribution in [0.25, 0.3) is 5.65 Å².